The lowest BCUT2D eigenvalue weighted by Crippen LogP contribution is -1.98. The van der Waals surface area contributed by atoms with Crippen LogP contribution in [0.4, 0.5) is 4.39 Å². The van der Waals surface area contributed by atoms with Crippen LogP contribution in [0.3, 0.4) is 0 Å². The van der Waals surface area contributed by atoms with E-state index in [1.807, 2.05) is 27.7 Å². The third kappa shape index (κ3) is 8.90. The lowest BCUT2D eigenvalue weighted by molar-refractivity contribution is -0.422. The average molecular weight is 205 g/mol. The van der Waals surface area contributed by atoms with Gasteiger partial charge in [0.1, 0.15) is 0 Å². The first-order valence-corrected chi connectivity index (χ1v) is 4.76. The highest BCUT2D eigenvalue weighted by molar-refractivity contribution is 5.16. The summed E-state index contributed by atoms with van der Waals surface area (Å²) in [5.41, 5.74) is -0.484. The molecule has 0 saturated heterocycles. The average Bonchev–Trinajstić information content (AvgIpc) is 2.24. The van der Waals surface area contributed by atoms with Crippen molar-refractivity contribution in [2.75, 3.05) is 0 Å². The van der Waals surface area contributed by atoms with Crippen molar-refractivity contribution >= 4 is 0 Å². The van der Waals surface area contributed by atoms with Gasteiger partial charge in [0.15, 0.2) is 5.83 Å². The topological polar surface area (TPSA) is 43.1 Å². The highest BCUT2D eigenvalue weighted by atomic mass is 19.1. The number of nitro groups is 1. The molecule has 0 aliphatic carbocycles. The van der Waals surface area contributed by atoms with Crippen molar-refractivity contribution in [1.29, 1.82) is 0 Å². The molecule has 0 aliphatic rings. The molecule has 0 saturated carbocycles. The molecular formula is C10H20FNO2. The van der Waals surface area contributed by atoms with Crippen LogP contribution in [0, 0.1) is 10.1 Å². The van der Waals surface area contributed by atoms with Crippen LogP contribution in [-0.2, 0) is 0 Å². The summed E-state index contributed by atoms with van der Waals surface area (Å²) in [4.78, 5) is 9.23. The van der Waals surface area contributed by atoms with Crippen molar-refractivity contribution in [3.05, 3.63) is 33.8 Å². The summed E-state index contributed by atoms with van der Waals surface area (Å²) in [6, 6.07) is 0. The van der Waals surface area contributed by atoms with E-state index in [9.17, 15) is 14.5 Å². The number of nitrogens with zero attached hydrogens (tertiary/aromatic N) is 1. The van der Waals surface area contributed by atoms with Gasteiger partial charge in [0.25, 0.3) is 5.70 Å². The predicted octanol–water partition coefficient (Wildman–Crippen LogP) is 4.09. The van der Waals surface area contributed by atoms with Gasteiger partial charge >= 0.3 is 0 Å². The van der Waals surface area contributed by atoms with Gasteiger partial charge in [-0.2, -0.15) is 4.39 Å². The molecule has 4 heteroatoms. The van der Waals surface area contributed by atoms with Gasteiger partial charge in [-0.1, -0.05) is 27.7 Å². The van der Waals surface area contributed by atoms with Gasteiger partial charge in [0.2, 0.25) is 0 Å². The lowest BCUT2D eigenvalue weighted by atomic mass is 10.3. The van der Waals surface area contributed by atoms with Gasteiger partial charge in [0.05, 0.1) is 4.92 Å². The minimum absolute atomic E-state index is 0.484. The van der Waals surface area contributed by atoms with E-state index in [-0.39, 0.29) is 0 Å². The fourth-order valence-electron chi connectivity index (χ4n) is 0.478. The molecule has 14 heavy (non-hydrogen) atoms. The molecule has 0 amide bonds. The monoisotopic (exact) mass is 205 g/mol. The third-order valence-electron chi connectivity index (χ3n) is 0.968. The second-order valence-corrected chi connectivity index (χ2v) is 1.57. The van der Waals surface area contributed by atoms with Crippen LogP contribution in [0.1, 0.15) is 41.5 Å². The maximum atomic E-state index is 12.4. The zero-order valence-electron chi connectivity index (χ0n) is 9.80. The SMILES string of the molecule is C/C=C(F)\C(=C/C)[N+](=O)[O-].CC.CC. The first kappa shape index (κ1) is 18.6. The summed E-state index contributed by atoms with van der Waals surface area (Å²) in [7, 11) is 0. The Kier molecular flexibility index (Phi) is 19.0. The molecule has 84 valence electrons. The smallest absolute Gasteiger partial charge is 0.258 e. The van der Waals surface area contributed by atoms with Crippen molar-refractivity contribution in [2.24, 2.45) is 0 Å². The van der Waals surface area contributed by atoms with E-state index in [0.29, 0.717) is 0 Å². The molecule has 0 aliphatic heterocycles. The molecule has 0 unspecified atom stereocenters. The van der Waals surface area contributed by atoms with Crippen LogP contribution in [0.25, 0.3) is 0 Å². The van der Waals surface area contributed by atoms with Gasteiger partial charge in [-0.25, -0.2) is 0 Å². The van der Waals surface area contributed by atoms with Crippen LogP contribution < -0.4 is 0 Å². The molecule has 0 atom stereocenters. The number of rotatable bonds is 2. The summed E-state index contributed by atoms with van der Waals surface area (Å²) >= 11 is 0. The van der Waals surface area contributed by atoms with Gasteiger partial charge in [0, 0.05) is 0 Å². The Morgan fingerprint density at radius 2 is 1.50 bits per heavy atom. The Hall–Kier alpha value is -1.19. The molecule has 0 spiro atoms. The van der Waals surface area contributed by atoms with E-state index in [0.717, 1.165) is 12.2 Å². The minimum atomic E-state index is -0.799. The Balaban J connectivity index is -0.000000266. The van der Waals surface area contributed by atoms with E-state index in [2.05, 4.69) is 0 Å². The quantitative estimate of drug-likeness (QED) is 0.387. The molecule has 0 N–H and O–H groups in total. The number of hydrogen-bond donors (Lipinski definition) is 0. The van der Waals surface area contributed by atoms with Crippen molar-refractivity contribution in [3.63, 3.8) is 0 Å². The second-order valence-electron chi connectivity index (χ2n) is 1.57. The first-order valence-electron chi connectivity index (χ1n) is 4.76. The largest absolute Gasteiger partial charge is 0.300 e. The molecular weight excluding hydrogens is 185 g/mol. The summed E-state index contributed by atoms with van der Waals surface area (Å²) in [6.45, 7) is 10.8. The van der Waals surface area contributed by atoms with Crippen LogP contribution in [0.15, 0.2) is 23.7 Å². The van der Waals surface area contributed by atoms with Crippen molar-refractivity contribution < 1.29 is 9.31 Å². The normalized spacial score (nSPS) is 10.5. The fraction of sp³-hybridized carbons (Fsp3) is 0.600. The molecule has 0 heterocycles. The molecule has 0 aromatic rings. The van der Waals surface area contributed by atoms with E-state index in [1.54, 1.807) is 0 Å². The molecule has 0 bridgehead atoms. The molecule has 0 radical (unpaired) electrons. The fourth-order valence-corrected chi connectivity index (χ4v) is 0.478. The van der Waals surface area contributed by atoms with Crippen LogP contribution >= 0.6 is 0 Å². The van der Waals surface area contributed by atoms with Gasteiger partial charge < -0.3 is 0 Å². The molecule has 0 aromatic heterocycles. The summed E-state index contributed by atoms with van der Waals surface area (Å²) in [5.74, 6) is -0.799. The van der Waals surface area contributed by atoms with Gasteiger partial charge in [-0.05, 0) is 26.0 Å². The molecule has 3 nitrogen and oxygen atoms in total. The van der Waals surface area contributed by atoms with Gasteiger partial charge in [-0.3, -0.25) is 10.1 Å². The summed E-state index contributed by atoms with van der Waals surface area (Å²) in [5, 5.41) is 9.99. The molecule has 0 rings (SSSR count). The lowest BCUT2D eigenvalue weighted by Gasteiger charge is -1.90. The van der Waals surface area contributed by atoms with E-state index in [4.69, 9.17) is 0 Å². The molecule has 0 fully saturated rings. The second kappa shape index (κ2) is 14.3. The minimum Gasteiger partial charge on any atom is -0.258 e. The first-order chi connectivity index (χ1) is 6.63. The van der Waals surface area contributed by atoms with Crippen molar-refractivity contribution in [2.45, 2.75) is 41.5 Å². The standard InChI is InChI=1S/C6H8FNO2.2C2H6/c1-3-5(7)6(4-2)8(9)10;2*1-2/h3-4H,1-2H3;2*1-2H3/b5-3+,6-4+;;. The maximum Gasteiger partial charge on any atom is 0.300 e. The number of halogens is 1. The Labute approximate surface area is 85.5 Å². The zero-order chi connectivity index (χ0) is 12.1. The van der Waals surface area contributed by atoms with E-state index in [1.165, 1.54) is 13.8 Å². The number of allylic oxidation sites excluding steroid dienone is 3. The van der Waals surface area contributed by atoms with Crippen molar-refractivity contribution in [3.8, 4) is 0 Å². The summed E-state index contributed by atoms with van der Waals surface area (Å²) < 4.78 is 12.4. The summed E-state index contributed by atoms with van der Waals surface area (Å²) in [6.07, 6.45) is 2.17. The van der Waals surface area contributed by atoms with E-state index >= 15 is 0 Å². The number of hydrogen-bond acceptors (Lipinski definition) is 2. The van der Waals surface area contributed by atoms with E-state index < -0.39 is 16.4 Å². The predicted molar refractivity (Wildman–Crippen MR) is 58.3 cm³/mol. The third-order valence-corrected chi connectivity index (χ3v) is 0.968. The highest BCUT2D eigenvalue weighted by Crippen LogP contribution is 2.10. The maximum absolute atomic E-state index is 12.4. The van der Waals surface area contributed by atoms with Crippen LogP contribution in [0.5, 0.6) is 0 Å². The van der Waals surface area contributed by atoms with Crippen LogP contribution in [-0.4, -0.2) is 4.92 Å². The Bertz CT molecular complexity index is 198. The zero-order valence-corrected chi connectivity index (χ0v) is 9.80. The Morgan fingerprint density at radius 3 is 1.57 bits per heavy atom. The molecule has 0 aromatic carbocycles. The van der Waals surface area contributed by atoms with Crippen molar-refractivity contribution in [1.82, 2.24) is 0 Å². The Morgan fingerprint density at radius 1 is 1.14 bits per heavy atom. The van der Waals surface area contributed by atoms with Gasteiger partial charge in [-0.15, -0.1) is 0 Å². The highest BCUT2D eigenvalue weighted by Gasteiger charge is 2.13. The van der Waals surface area contributed by atoms with Crippen LogP contribution in [0.2, 0.25) is 0 Å².